The van der Waals surface area contributed by atoms with Crippen molar-refractivity contribution in [3.05, 3.63) is 23.8 Å². The maximum absolute atomic E-state index is 14.2. The molecule has 1 heterocycles. The summed E-state index contributed by atoms with van der Waals surface area (Å²) in [6.07, 6.45) is 18.9. The molecule has 0 spiro atoms. The average Bonchev–Trinajstić information content (AvgIpc) is 3.50. The second kappa shape index (κ2) is 15.0. The summed E-state index contributed by atoms with van der Waals surface area (Å²) in [5.41, 5.74) is -1.32. The van der Waals surface area contributed by atoms with Gasteiger partial charge in [-0.15, -0.1) is 0 Å². The fraction of sp³-hybridized carbons (Fsp3) is 0.816. The van der Waals surface area contributed by atoms with Crippen LogP contribution in [0.5, 0.6) is 0 Å². The summed E-state index contributed by atoms with van der Waals surface area (Å²) in [5.74, 6) is -0.164. The van der Waals surface area contributed by atoms with Gasteiger partial charge >= 0.3 is 6.16 Å². The van der Waals surface area contributed by atoms with E-state index in [2.05, 4.69) is 27.7 Å². The van der Waals surface area contributed by atoms with E-state index in [1.807, 2.05) is 6.08 Å². The molecule has 0 radical (unpaired) electrons. The average molecular weight is 643 g/mol. The van der Waals surface area contributed by atoms with Crippen LogP contribution in [-0.2, 0) is 28.5 Å². The lowest BCUT2D eigenvalue weighted by molar-refractivity contribution is -0.200. The summed E-state index contributed by atoms with van der Waals surface area (Å²) < 4.78 is 23.8. The Morgan fingerprint density at radius 2 is 1.67 bits per heavy atom. The van der Waals surface area contributed by atoms with Gasteiger partial charge in [0.2, 0.25) is 5.78 Å². The molecule has 5 aliphatic rings. The van der Waals surface area contributed by atoms with E-state index in [4.69, 9.17) is 18.9 Å². The molecule has 8 heteroatoms. The number of ether oxygens (including phenoxy) is 4. The first-order chi connectivity index (χ1) is 22.1. The monoisotopic (exact) mass is 642 g/mol. The van der Waals surface area contributed by atoms with Gasteiger partial charge < -0.3 is 24.1 Å². The zero-order chi connectivity index (χ0) is 33.0. The molecule has 0 bridgehead atoms. The first-order valence-corrected chi connectivity index (χ1v) is 18.4. The van der Waals surface area contributed by atoms with E-state index in [0.717, 1.165) is 44.1 Å². The van der Waals surface area contributed by atoms with Crippen LogP contribution in [0.3, 0.4) is 0 Å². The normalized spacial score (nSPS) is 37.6. The highest BCUT2D eigenvalue weighted by Gasteiger charge is 2.75. The van der Waals surface area contributed by atoms with Crippen LogP contribution in [0.4, 0.5) is 4.79 Å². The Kier molecular flexibility index (Phi) is 11.5. The predicted octanol–water partition coefficient (Wildman–Crippen LogP) is 7.80. The third kappa shape index (κ3) is 6.64. The molecule has 8 nitrogen and oxygen atoms in total. The molecule has 1 N–H and O–H groups in total. The third-order valence-electron chi connectivity index (χ3n) is 12.3. The van der Waals surface area contributed by atoms with Crippen molar-refractivity contribution in [3.63, 3.8) is 0 Å². The lowest BCUT2D eigenvalue weighted by Gasteiger charge is -2.59. The van der Waals surface area contributed by atoms with E-state index in [-0.39, 0.29) is 35.9 Å². The Morgan fingerprint density at radius 1 is 0.978 bits per heavy atom. The molecule has 4 aliphatic carbocycles. The molecular formula is C38H58O8. The van der Waals surface area contributed by atoms with Gasteiger partial charge in [-0.2, -0.15) is 0 Å². The Hall–Kier alpha value is -2.03. The minimum absolute atomic E-state index is 0.00630. The first-order valence-electron chi connectivity index (χ1n) is 18.4. The van der Waals surface area contributed by atoms with Crippen molar-refractivity contribution in [1.82, 2.24) is 0 Å². The summed E-state index contributed by atoms with van der Waals surface area (Å²) in [6.45, 7) is 8.33. The van der Waals surface area contributed by atoms with E-state index in [9.17, 15) is 19.5 Å². The van der Waals surface area contributed by atoms with Gasteiger partial charge in [0, 0.05) is 16.7 Å². The van der Waals surface area contributed by atoms with Crippen molar-refractivity contribution in [1.29, 1.82) is 0 Å². The van der Waals surface area contributed by atoms with Gasteiger partial charge in [-0.1, -0.05) is 104 Å². The van der Waals surface area contributed by atoms with Gasteiger partial charge in [-0.05, 0) is 62.5 Å². The smallest absolute Gasteiger partial charge is 0.434 e. The molecule has 0 amide bonds. The fourth-order valence-corrected chi connectivity index (χ4v) is 10.0. The highest BCUT2D eigenvalue weighted by molar-refractivity contribution is 6.01. The zero-order valence-corrected chi connectivity index (χ0v) is 28.7. The van der Waals surface area contributed by atoms with Crippen molar-refractivity contribution < 1.29 is 38.4 Å². The molecule has 3 saturated carbocycles. The van der Waals surface area contributed by atoms with Crippen molar-refractivity contribution in [2.45, 2.75) is 155 Å². The summed E-state index contributed by atoms with van der Waals surface area (Å²) in [6, 6.07) is 0. The second-order valence-electron chi connectivity index (χ2n) is 15.1. The Balaban J connectivity index is 1.19. The number of carbonyl (C=O) groups is 3. The predicted molar refractivity (Wildman–Crippen MR) is 175 cm³/mol. The SMILES string of the molecule is CCCCCCCCCCCCOC(=O)OCC(=O)[C@@]12OC(CCC)O[C@@H]1CC1C3CCC4=CC(=O)C=C[C@]4(C)C3[C@@H](O)C[C@@]12C. The van der Waals surface area contributed by atoms with E-state index in [1.54, 1.807) is 12.2 Å². The van der Waals surface area contributed by atoms with Gasteiger partial charge in [0.05, 0.1) is 18.8 Å². The van der Waals surface area contributed by atoms with Crippen LogP contribution in [0.1, 0.15) is 130 Å². The summed E-state index contributed by atoms with van der Waals surface area (Å²) in [5, 5.41) is 11.9. The Labute approximate surface area is 276 Å². The number of rotatable bonds is 16. The van der Waals surface area contributed by atoms with E-state index >= 15 is 0 Å². The Bertz CT molecular complexity index is 1160. The quantitative estimate of drug-likeness (QED) is 0.134. The molecular weight excluding hydrogens is 584 g/mol. The van der Waals surface area contributed by atoms with Crippen molar-refractivity contribution in [2.24, 2.45) is 28.6 Å². The number of hydrogen-bond donors (Lipinski definition) is 1. The number of Topliss-reactive ketones (excluding diaryl/α,β-unsaturated/α-hetero) is 1. The number of carbonyl (C=O) groups excluding carboxylic acids is 3. The molecule has 0 aromatic carbocycles. The highest BCUT2D eigenvalue weighted by Crippen LogP contribution is 2.69. The maximum Gasteiger partial charge on any atom is 0.508 e. The van der Waals surface area contributed by atoms with Gasteiger partial charge in [-0.25, -0.2) is 4.79 Å². The standard InChI is InChI=1S/C38H58O8/c1-5-7-8-9-10-11-12-13-14-15-21-43-35(42)44-25-31(41)38-32(45-33(46-38)16-6-2)23-29-28-18-17-26-22-27(39)19-20-36(26,3)34(28)30(40)24-37(29,38)4/h19-20,22,28-30,32-34,40H,5-18,21,23-25H2,1-4H3/t28?,29?,30-,32+,33?,34?,36-,37-,38+/m0/s1. The lowest BCUT2D eigenvalue weighted by atomic mass is 9.46. The first kappa shape index (κ1) is 35.3. The van der Waals surface area contributed by atoms with Gasteiger partial charge in [-0.3, -0.25) is 9.59 Å². The molecule has 9 atom stereocenters. The number of aliphatic hydroxyl groups is 1. The molecule has 1 aliphatic heterocycles. The fourth-order valence-electron chi connectivity index (χ4n) is 10.0. The summed E-state index contributed by atoms with van der Waals surface area (Å²) in [4.78, 5) is 39.0. The number of aliphatic hydroxyl groups excluding tert-OH is 1. The van der Waals surface area contributed by atoms with Crippen LogP contribution in [-0.4, -0.2) is 60.1 Å². The van der Waals surface area contributed by atoms with E-state index in [0.29, 0.717) is 19.3 Å². The minimum atomic E-state index is -1.31. The molecule has 46 heavy (non-hydrogen) atoms. The zero-order valence-electron chi connectivity index (χ0n) is 28.7. The number of ketones is 2. The van der Waals surface area contributed by atoms with Gasteiger partial charge in [0.15, 0.2) is 24.3 Å². The largest absolute Gasteiger partial charge is 0.508 e. The number of allylic oxidation sites excluding steroid dienone is 4. The van der Waals surface area contributed by atoms with Crippen LogP contribution >= 0.6 is 0 Å². The van der Waals surface area contributed by atoms with E-state index < -0.39 is 47.7 Å². The number of hydrogen-bond acceptors (Lipinski definition) is 8. The summed E-state index contributed by atoms with van der Waals surface area (Å²) >= 11 is 0. The second-order valence-corrected chi connectivity index (χ2v) is 15.1. The molecule has 4 fully saturated rings. The third-order valence-corrected chi connectivity index (χ3v) is 12.3. The molecule has 4 unspecified atom stereocenters. The van der Waals surface area contributed by atoms with Crippen LogP contribution < -0.4 is 0 Å². The van der Waals surface area contributed by atoms with Crippen LogP contribution in [0.25, 0.3) is 0 Å². The van der Waals surface area contributed by atoms with Crippen molar-refractivity contribution in [3.8, 4) is 0 Å². The molecule has 5 rings (SSSR count). The van der Waals surface area contributed by atoms with E-state index in [1.165, 1.54) is 44.9 Å². The molecule has 0 aromatic rings. The topological polar surface area (TPSA) is 108 Å². The molecule has 1 saturated heterocycles. The Morgan fingerprint density at radius 3 is 2.37 bits per heavy atom. The summed E-state index contributed by atoms with van der Waals surface area (Å²) in [7, 11) is 0. The number of unbranched alkanes of at least 4 members (excludes halogenated alkanes) is 9. The number of fused-ring (bicyclic) bond motifs is 7. The van der Waals surface area contributed by atoms with Crippen LogP contribution in [0.2, 0.25) is 0 Å². The lowest BCUT2D eigenvalue weighted by Crippen LogP contribution is -2.63. The van der Waals surface area contributed by atoms with Gasteiger partial charge in [0.1, 0.15) is 0 Å². The van der Waals surface area contributed by atoms with Crippen LogP contribution in [0, 0.1) is 28.6 Å². The minimum Gasteiger partial charge on any atom is -0.434 e. The van der Waals surface area contributed by atoms with Crippen molar-refractivity contribution >= 4 is 17.7 Å². The van der Waals surface area contributed by atoms with Gasteiger partial charge in [0.25, 0.3) is 0 Å². The van der Waals surface area contributed by atoms with Crippen molar-refractivity contribution in [2.75, 3.05) is 13.2 Å². The highest BCUT2D eigenvalue weighted by atomic mass is 16.7. The molecule has 0 aromatic heterocycles. The van der Waals surface area contributed by atoms with Crippen LogP contribution in [0.15, 0.2) is 23.8 Å². The maximum atomic E-state index is 14.2. The molecule has 258 valence electrons.